The number of rotatable bonds is 4. The fraction of sp³-hybridized carbons (Fsp3) is 0.167. The molecule has 0 aliphatic rings. The molecule has 0 saturated heterocycles. The summed E-state index contributed by atoms with van der Waals surface area (Å²) in [4.78, 5) is 10.9. The third kappa shape index (κ3) is 2.76. The highest BCUT2D eigenvalue weighted by atomic mass is 79.9. The first kappa shape index (κ1) is 13.5. The second kappa shape index (κ2) is 5.40. The Bertz CT molecular complexity index is 627. The third-order valence-corrected chi connectivity index (χ3v) is 3.32. The summed E-state index contributed by atoms with van der Waals surface area (Å²) in [7, 11) is 0. The topological polar surface area (TPSA) is 67.2 Å². The van der Waals surface area contributed by atoms with Crippen LogP contribution in [0.15, 0.2) is 29.0 Å². The van der Waals surface area contributed by atoms with Crippen molar-refractivity contribution in [2.75, 3.05) is 5.32 Å². The van der Waals surface area contributed by atoms with E-state index >= 15 is 0 Å². The van der Waals surface area contributed by atoms with Gasteiger partial charge in [-0.3, -0.25) is 4.68 Å². The van der Waals surface area contributed by atoms with Crippen LogP contribution in [0.1, 0.15) is 17.3 Å². The summed E-state index contributed by atoms with van der Waals surface area (Å²) in [6.45, 7) is 2.65. The summed E-state index contributed by atoms with van der Waals surface area (Å²) in [5.41, 5.74) is 0.704. The number of aromatic nitrogens is 2. The molecule has 0 bridgehead atoms. The Labute approximate surface area is 117 Å². The number of benzene rings is 1. The van der Waals surface area contributed by atoms with Gasteiger partial charge in [-0.2, -0.15) is 5.10 Å². The lowest BCUT2D eigenvalue weighted by atomic mass is 10.2. The van der Waals surface area contributed by atoms with Crippen LogP contribution in [-0.2, 0) is 6.54 Å². The van der Waals surface area contributed by atoms with Gasteiger partial charge in [-0.1, -0.05) is 0 Å². The van der Waals surface area contributed by atoms with Gasteiger partial charge in [0.2, 0.25) is 0 Å². The summed E-state index contributed by atoms with van der Waals surface area (Å²) >= 11 is 2.95. The van der Waals surface area contributed by atoms with Crippen molar-refractivity contribution < 1.29 is 14.3 Å². The van der Waals surface area contributed by atoms with Crippen molar-refractivity contribution >= 4 is 33.3 Å². The highest BCUT2D eigenvalue weighted by molar-refractivity contribution is 9.10. The highest BCUT2D eigenvalue weighted by Gasteiger charge is 2.16. The van der Waals surface area contributed by atoms with Gasteiger partial charge < -0.3 is 10.4 Å². The molecule has 7 heteroatoms. The first-order valence-electron chi connectivity index (χ1n) is 5.53. The lowest BCUT2D eigenvalue weighted by molar-refractivity contribution is 0.0695. The molecule has 1 aromatic carbocycles. The Kier molecular flexibility index (Phi) is 3.84. The molecular formula is C12H11BrFN3O2. The predicted molar refractivity (Wildman–Crippen MR) is 72.2 cm³/mol. The van der Waals surface area contributed by atoms with Crippen LogP contribution in [-0.4, -0.2) is 20.9 Å². The van der Waals surface area contributed by atoms with E-state index in [-0.39, 0.29) is 15.7 Å². The highest BCUT2D eigenvalue weighted by Crippen LogP contribution is 2.29. The molecule has 0 aliphatic carbocycles. The Morgan fingerprint density at radius 2 is 2.32 bits per heavy atom. The third-order valence-electron chi connectivity index (χ3n) is 2.55. The number of anilines is 2. The zero-order chi connectivity index (χ0) is 14.0. The van der Waals surface area contributed by atoms with Gasteiger partial charge >= 0.3 is 5.97 Å². The molecular weight excluding hydrogens is 317 g/mol. The Morgan fingerprint density at radius 3 is 2.89 bits per heavy atom. The smallest absolute Gasteiger partial charge is 0.336 e. The minimum absolute atomic E-state index is 0.0760. The van der Waals surface area contributed by atoms with Gasteiger partial charge in [0.25, 0.3) is 0 Å². The van der Waals surface area contributed by atoms with Gasteiger partial charge in [-0.25, -0.2) is 9.18 Å². The summed E-state index contributed by atoms with van der Waals surface area (Å²) in [5.74, 6) is -1.83. The summed E-state index contributed by atoms with van der Waals surface area (Å²) in [6.07, 6.45) is 3.31. The van der Waals surface area contributed by atoms with E-state index in [4.69, 9.17) is 5.11 Å². The van der Waals surface area contributed by atoms with Gasteiger partial charge in [0.1, 0.15) is 0 Å². The largest absolute Gasteiger partial charge is 0.478 e. The molecule has 19 heavy (non-hydrogen) atoms. The van der Waals surface area contributed by atoms with Crippen LogP contribution in [0.4, 0.5) is 15.8 Å². The average molecular weight is 328 g/mol. The van der Waals surface area contributed by atoms with Crippen LogP contribution in [0.2, 0.25) is 0 Å². The van der Waals surface area contributed by atoms with Gasteiger partial charge in [0.15, 0.2) is 5.82 Å². The van der Waals surface area contributed by atoms with Gasteiger partial charge in [-0.05, 0) is 35.0 Å². The van der Waals surface area contributed by atoms with Gasteiger partial charge in [0, 0.05) is 12.7 Å². The van der Waals surface area contributed by atoms with E-state index in [1.54, 1.807) is 17.1 Å². The minimum atomic E-state index is -1.18. The number of carbonyl (C=O) groups is 1. The van der Waals surface area contributed by atoms with Gasteiger partial charge in [-0.15, -0.1) is 0 Å². The number of nitrogens with one attached hydrogen (secondary N) is 1. The molecule has 0 unspecified atom stereocenters. The van der Waals surface area contributed by atoms with Crippen LogP contribution < -0.4 is 5.32 Å². The van der Waals surface area contributed by atoms with E-state index in [2.05, 4.69) is 26.3 Å². The van der Waals surface area contributed by atoms with Crippen LogP contribution in [0.5, 0.6) is 0 Å². The molecule has 0 saturated carbocycles. The molecule has 0 fully saturated rings. The fourth-order valence-electron chi connectivity index (χ4n) is 1.57. The van der Waals surface area contributed by atoms with Gasteiger partial charge in [0.05, 0.1) is 27.6 Å². The first-order chi connectivity index (χ1) is 9.02. The summed E-state index contributed by atoms with van der Waals surface area (Å²) < 4.78 is 15.6. The quantitative estimate of drug-likeness (QED) is 0.904. The minimum Gasteiger partial charge on any atom is -0.478 e. The van der Waals surface area contributed by atoms with Crippen molar-refractivity contribution in [2.45, 2.75) is 13.5 Å². The van der Waals surface area contributed by atoms with E-state index in [0.29, 0.717) is 12.2 Å². The van der Waals surface area contributed by atoms with E-state index < -0.39 is 11.8 Å². The summed E-state index contributed by atoms with van der Waals surface area (Å²) in [5, 5.41) is 15.8. The number of carboxylic acid groups (broad SMARTS) is 1. The zero-order valence-corrected chi connectivity index (χ0v) is 11.6. The second-order valence-electron chi connectivity index (χ2n) is 3.80. The number of halogens is 2. The number of aryl methyl sites for hydroxylation is 1. The number of aromatic carboxylic acids is 1. The molecule has 5 nitrogen and oxygen atoms in total. The normalized spacial score (nSPS) is 10.5. The van der Waals surface area contributed by atoms with E-state index in [0.717, 1.165) is 0 Å². The Balaban J connectivity index is 2.31. The molecule has 0 aliphatic heterocycles. The molecule has 0 amide bonds. The molecule has 0 spiro atoms. The fourth-order valence-corrected chi connectivity index (χ4v) is 2.08. The Hall–Kier alpha value is -1.89. The first-order valence-corrected chi connectivity index (χ1v) is 6.33. The second-order valence-corrected chi connectivity index (χ2v) is 4.60. The molecule has 0 atom stereocenters. The monoisotopic (exact) mass is 327 g/mol. The number of nitrogens with zero attached hydrogens (tertiary/aromatic N) is 2. The van der Waals surface area contributed by atoms with E-state index in [9.17, 15) is 9.18 Å². The molecule has 1 aromatic heterocycles. The number of hydrogen-bond acceptors (Lipinski definition) is 3. The van der Waals surface area contributed by atoms with Crippen molar-refractivity contribution in [2.24, 2.45) is 0 Å². The number of carboxylic acids is 1. The number of hydrogen-bond donors (Lipinski definition) is 2. The molecule has 2 N–H and O–H groups in total. The lowest BCUT2D eigenvalue weighted by Crippen LogP contribution is -2.02. The van der Waals surface area contributed by atoms with Crippen LogP contribution in [0.25, 0.3) is 0 Å². The predicted octanol–water partition coefficient (Wildman–Crippen LogP) is 3.25. The van der Waals surface area contributed by atoms with Crippen molar-refractivity contribution in [3.8, 4) is 0 Å². The van der Waals surface area contributed by atoms with E-state index in [1.165, 1.54) is 12.1 Å². The molecule has 100 valence electrons. The maximum atomic E-state index is 14.0. The molecule has 0 radical (unpaired) electrons. The van der Waals surface area contributed by atoms with Crippen molar-refractivity contribution in [3.05, 3.63) is 40.4 Å². The molecule has 1 heterocycles. The van der Waals surface area contributed by atoms with Crippen molar-refractivity contribution in [3.63, 3.8) is 0 Å². The van der Waals surface area contributed by atoms with E-state index in [1.807, 2.05) is 6.92 Å². The van der Waals surface area contributed by atoms with Crippen molar-refractivity contribution in [1.82, 2.24) is 9.78 Å². The van der Waals surface area contributed by atoms with Crippen LogP contribution in [0.3, 0.4) is 0 Å². The van der Waals surface area contributed by atoms with Crippen molar-refractivity contribution in [1.29, 1.82) is 0 Å². The zero-order valence-electron chi connectivity index (χ0n) is 10.0. The SMILES string of the molecule is CCn1cc(Nc2ccc(C(=O)O)c(Br)c2F)cn1. The summed E-state index contributed by atoms with van der Waals surface area (Å²) in [6, 6.07) is 2.72. The van der Waals surface area contributed by atoms with Crippen LogP contribution >= 0.6 is 15.9 Å². The maximum absolute atomic E-state index is 14.0. The maximum Gasteiger partial charge on any atom is 0.336 e. The average Bonchev–Trinajstić information content (AvgIpc) is 2.82. The Morgan fingerprint density at radius 1 is 1.58 bits per heavy atom. The molecule has 2 aromatic rings. The van der Waals surface area contributed by atoms with Crippen LogP contribution in [0, 0.1) is 5.82 Å². The lowest BCUT2D eigenvalue weighted by Gasteiger charge is -2.08. The molecule has 2 rings (SSSR count). The standard InChI is InChI=1S/C12H11BrFN3O2/c1-2-17-6-7(5-15-17)16-9-4-3-8(12(18)19)10(13)11(9)14/h3-6,16H,2H2,1H3,(H,18,19).